The van der Waals surface area contributed by atoms with Gasteiger partial charge in [-0.3, -0.25) is 4.79 Å². The predicted octanol–water partition coefficient (Wildman–Crippen LogP) is 1.02. The van der Waals surface area contributed by atoms with Crippen LogP contribution in [0.4, 0.5) is 0 Å². The molecular formula is C15H19N5O. The number of aromatic nitrogens is 3. The van der Waals surface area contributed by atoms with Crippen molar-refractivity contribution in [3.63, 3.8) is 0 Å². The number of amides is 1. The molecule has 0 aliphatic carbocycles. The SMILES string of the molecule is CC(C)(N)C(=O)N1CCn2c(nnc2-c2ccccc2)C1. The highest BCUT2D eigenvalue weighted by molar-refractivity contribution is 5.85. The number of nitrogens with two attached hydrogens (primary N) is 1. The molecule has 6 nitrogen and oxygen atoms in total. The Bertz CT molecular complexity index is 656. The number of rotatable bonds is 2. The first-order valence-corrected chi connectivity index (χ1v) is 7.02. The van der Waals surface area contributed by atoms with Gasteiger partial charge in [0.05, 0.1) is 12.1 Å². The maximum absolute atomic E-state index is 12.2. The van der Waals surface area contributed by atoms with Crippen LogP contribution in [-0.2, 0) is 17.9 Å². The van der Waals surface area contributed by atoms with Crippen LogP contribution < -0.4 is 5.73 Å². The largest absolute Gasteiger partial charge is 0.332 e. The first kappa shape index (κ1) is 13.8. The second-order valence-electron chi connectivity index (χ2n) is 5.91. The number of hydrogen-bond acceptors (Lipinski definition) is 4. The Morgan fingerprint density at radius 3 is 2.57 bits per heavy atom. The Kier molecular flexibility index (Phi) is 3.25. The van der Waals surface area contributed by atoms with Gasteiger partial charge in [0.1, 0.15) is 0 Å². The quantitative estimate of drug-likeness (QED) is 0.894. The molecule has 0 spiro atoms. The maximum Gasteiger partial charge on any atom is 0.242 e. The molecule has 2 N–H and O–H groups in total. The molecule has 0 fully saturated rings. The van der Waals surface area contributed by atoms with Gasteiger partial charge in [0.25, 0.3) is 0 Å². The molecule has 0 bridgehead atoms. The number of carbonyl (C=O) groups excluding carboxylic acids is 1. The van der Waals surface area contributed by atoms with Crippen LogP contribution >= 0.6 is 0 Å². The van der Waals surface area contributed by atoms with Crippen molar-refractivity contribution >= 4 is 5.91 Å². The van der Waals surface area contributed by atoms with Gasteiger partial charge in [-0.2, -0.15) is 0 Å². The van der Waals surface area contributed by atoms with Gasteiger partial charge >= 0.3 is 0 Å². The molecule has 1 aliphatic rings. The Hall–Kier alpha value is -2.21. The zero-order valence-electron chi connectivity index (χ0n) is 12.3. The Labute approximate surface area is 123 Å². The van der Waals surface area contributed by atoms with Crippen molar-refractivity contribution in [2.45, 2.75) is 32.5 Å². The maximum atomic E-state index is 12.2. The van der Waals surface area contributed by atoms with E-state index < -0.39 is 5.54 Å². The van der Waals surface area contributed by atoms with Crippen molar-refractivity contribution < 1.29 is 4.79 Å². The van der Waals surface area contributed by atoms with E-state index >= 15 is 0 Å². The fraction of sp³-hybridized carbons (Fsp3) is 0.400. The Morgan fingerprint density at radius 2 is 1.90 bits per heavy atom. The van der Waals surface area contributed by atoms with Crippen LogP contribution in [0.3, 0.4) is 0 Å². The summed E-state index contributed by atoms with van der Waals surface area (Å²) in [5.41, 5.74) is 6.07. The summed E-state index contributed by atoms with van der Waals surface area (Å²) in [5.74, 6) is 1.60. The number of nitrogens with zero attached hydrogens (tertiary/aromatic N) is 4. The van der Waals surface area contributed by atoms with Gasteiger partial charge in [0, 0.05) is 18.7 Å². The van der Waals surface area contributed by atoms with Gasteiger partial charge in [-0.05, 0) is 13.8 Å². The van der Waals surface area contributed by atoms with Gasteiger partial charge in [-0.15, -0.1) is 10.2 Å². The minimum atomic E-state index is -0.857. The highest BCUT2D eigenvalue weighted by Crippen LogP contribution is 2.22. The van der Waals surface area contributed by atoms with Crippen LogP contribution in [0.1, 0.15) is 19.7 Å². The predicted molar refractivity (Wildman–Crippen MR) is 79.1 cm³/mol. The Morgan fingerprint density at radius 1 is 1.19 bits per heavy atom. The molecule has 110 valence electrons. The summed E-state index contributed by atoms with van der Waals surface area (Å²) in [6.07, 6.45) is 0. The van der Waals surface area contributed by atoms with Crippen molar-refractivity contribution in [2.24, 2.45) is 5.73 Å². The van der Waals surface area contributed by atoms with E-state index in [-0.39, 0.29) is 5.91 Å². The molecule has 0 unspecified atom stereocenters. The molecule has 1 amide bonds. The van der Waals surface area contributed by atoms with E-state index in [9.17, 15) is 4.79 Å². The van der Waals surface area contributed by atoms with E-state index in [4.69, 9.17) is 5.73 Å². The van der Waals surface area contributed by atoms with Crippen molar-refractivity contribution in [3.05, 3.63) is 36.2 Å². The molecular weight excluding hydrogens is 266 g/mol. The number of carbonyl (C=O) groups is 1. The minimum absolute atomic E-state index is 0.0574. The van der Waals surface area contributed by atoms with Crippen LogP contribution in [0.15, 0.2) is 30.3 Å². The second-order valence-corrected chi connectivity index (χ2v) is 5.91. The lowest BCUT2D eigenvalue weighted by Gasteiger charge is -2.32. The van der Waals surface area contributed by atoms with E-state index in [1.807, 2.05) is 30.3 Å². The fourth-order valence-electron chi connectivity index (χ4n) is 2.54. The van der Waals surface area contributed by atoms with E-state index in [2.05, 4.69) is 14.8 Å². The Balaban J connectivity index is 1.87. The topological polar surface area (TPSA) is 77.0 Å². The molecule has 6 heteroatoms. The summed E-state index contributed by atoms with van der Waals surface area (Å²) in [5, 5.41) is 8.49. The average molecular weight is 285 g/mol. The summed E-state index contributed by atoms with van der Waals surface area (Å²) in [7, 11) is 0. The molecule has 1 aromatic carbocycles. The number of hydrogen-bond donors (Lipinski definition) is 1. The fourth-order valence-corrected chi connectivity index (χ4v) is 2.54. The summed E-state index contributed by atoms with van der Waals surface area (Å²) >= 11 is 0. The third-order valence-corrected chi connectivity index (χ3v) is 3.62. The van der Waals surface area contributed by atoms with E-state index in [1.165, 1.54) is 0 Å². The normalized spacial score (nSPS) is 14.9. The highest BCUT2D eigenvalue weighted by Gasteiger charge is 2.31. The molecule has 1 aliphatic heterocycles. The number of benzene rings is 1. The monoisotopic (exact) mass is 285 g/mol. The molecule has 0 atom stereocenters. The van der Waals surface area contributed by atoms with Crippen LogP contribution in [0, 0.1) is 0 Å². The van der Waals surface area contributed by atoms with E-state index in [0.717, 1.165) is 17.2 Å². The smallest absolute Gasteiger partial charge is 0.242 e. The molecule has 0 saturated heterocycles. The van der Waals surface area contributed by atoms with Gasteiger partial charge in [0.15, 0.2) is 11.6 Å². The second kappa shape index (κ2) is 4.96. The molecule has 0 saturated carbocycles. The van der Waals surface area contributed by atoms with Crippen LogP contribution in [-0.4, -0.2) is 37.7 Å². The lowest BCUT2D eigenvalue weighted by molar-refractivity contribution is -0.137. The zero-order chi connectivity index (χ0) is 15.0. The molecule has 0 radical (unpaired) electrons. The van der Waals surface area contributed by atoms with Crippen molar-refractivity contribution in [1.82, 2.24) is 19.7 Å². The molecule has 21 heavy (non-hydrogen) atoms. The summed E-state index contributed by atoms with van der Waals surface area (Å²) in [6, 6.07) is 9.95. The molecule has 2 heterocycles. The molecule has 2 aromatic rings. The first-order chi connectivity index (χ1) is 9.97. The van der Waals surface area contributed by atoms with E-state index in [1.54, 1.807) is 18.7 Å². The summed E-state index contributed by atoms with van der Waals surface area (Å²) in [6.45, 7) is 5.23. The lowest BCUT2D eigenvalue weighted by atomic mass is 10.1. The van der Waals surface area contributed by atoms with Crippen molar-refractivity contribution in [1.29, 1.82) is 0 Å². The van der Waals surface area contributed by atoms with Crippen LogP contribution in [0.5, 0.6) is 0 Å². The van der Waals surface area contributed by atoms with Gasteiger partial charge in [-0.25, -0.2) is 0 Å². The lowest BCUT2D eigenvalue weighted by Crippen LogP contribution is -2.52. The van der Waals surface area contributed by atoms with E-state index in [0.29, 0.717) is 19.6 Å². The first-order valence-electron chi connectivity index (χ1n) is 7.02. The van der Waals surface area contributed by atoms with Crippen LogP contribution in [0.2, 0.25) is 0 Å². The third-order valence-electron chi connectivity index (χ3n) is 3.62. The summed E-state index contributed by atoms with van der Waals surface area (Å²) in [4.78, 5) is 14.0. The third kappa shape index (κ3) is 2.54. The average Bonchev–Trinajstić information content (AvgIpc) is 2.89. The van der Waals surface area contributed by atoms with Crippen molar-refractivity contribution in [2.75, 3.05) is 6.54 Å². The molecule has 3 rings (SSSR count). The van der Waals surface area contributed by atoms with Gasteiger partial charge < -0.3 is 15.2 Å². The number of fused-ring (bicyclic) bond motifs is 1. The zero-order valence-corrected chi connectivity index (χ0v) is 12.3. The minimum Gasteiger partial charge on any atom is -0.332 e. The van der Waals surface area contributed by atoms with Crippen molar-refractivity contribution in [3.8, 4) is 11.4 Å². The van der Waals surface area contributed by atoms with Gasteiger partial charge in [-0.1, -0.05) is 30.3 Å². The molecule has 1 aromatic heterocycles. The van der Waals surface area contributed by atoms with Gasteiger partial charge in [0.2, 0.25) is 5.91 Å². The van der Waals surface area contributed by atoms with Crippen LogP contribution in [0.25, 0.3) is 11.4 Å². The standard InChI is InChI=1S/C15H19N5O/c1-15(2,16)14(21)19-8-9-20-12(10-19)17-18-13(20)11-6-4-3-5-7-11/h3-7H,8-10,16H2,1-2H3. The highest BCUT2D eigenvalue weighted by atomic mass is 16.2. The summed E-state index contributed by atoms with van der Waals surface area (Å²) < 4.78 is 2.07.